The van der Waals surface area contributed by atoms with Gasteiger partial charge in [0.25, 0.3) is 0 Å². The van der Waals surface area contributed by atoms with Gasteiger partial charge >= 0.3 is 0 Å². The van der Waals surface area contributed by atoms with E-state index >= 15 is 0 Å². The van der Waals surface area contributed by atoms with Crippen molar-refractivity contribution in [1.82, 2.24) is 4.90 Å². The van der Waals surface area contributed by atoms with E-state index in [4.69, 9.17) is 9.47 Å². The lowest BCUT2D eigenvalue weighted by atomic mass is 10.1. The summed E-state index contributed by atoms with van der Waals surface area (Å²) in [5, 5.41) is 0. The molecule has 0 radical (unpaired) electrons. The SMILES string of the molecule is CCCCOc1ccc(C2=NCCN2C)cc1OCC. The van der Waals surface area contributed by atoms with E-state index < -0.39 is 0 Å². The van der Waals surface area contributed by atoms with Gasteiger partial charge in [-0.05, 0) is 31.5 Å². The molecule has 0 aliphatic carbocycles. The number of likely N-dealkylation sites (N-methyl/N-ethyl adjacent to an activating group) is 1. The second kappa shape index (κ2) is 7.17. The number of amidine groups is 1. The lowest BCUT2D eigenvalue weighted by Gasteiger charge is -2.17. The Balaban J connectivity index is 2.18. The van der Waals surface area contributed by atoms with E-state index in [0.717, 1.165) is 55.4 Å². The number of ether oxygens (including phenoxy) is 2. The fraction of sp³-hybridized carbons (Fsp3) is 0.562. The average molecular weight is 276 g/mol. The summed E-state index contributed by atoms with van der Waals surface area (Å²) in [6.07, 6.45) is 2.19. The molecule has 0 spiro atoms. The van der Waals surface area contributed by atoms with E-state index in [9.17, 15) is 0 Å². The average Bonchev–Trinajstić information content (AvgIpc) is 2.87. The number of rotatable bonds is 7. The van der Waals surface area contributed by atoms with Crippen molar-refractivity contribution in [3.05, 3.63) is 23.8 Å². The van der Waals surface area contributed by atoms with Crippen LogP contribution in [0.1, 0.15) is 32.3 Å². The molecule has 0 fully saturated rings. The van der Waals surface area contributed by atoms with Gasteiger partial charge in [-0.25, -0.2) is 0 Å². The molecule has 0 saturated heterocycles. The predicted molar refractivity (Wildman–Crippen MR) is 82.0 cm³/mol. The highest BCUT2D eigenvalue weighted by Crippen LogP contribution is 2.29. The van der Waals surface area contributed by atoms with Crippen molar-refractivity contribution < 1.29 is 9.47 Å². The Morgan fingerprint density at radius 2 is 2.05 bits per heavy atom. The van der Waals surface area contributed by atoms with Crippen LogP contribution in [0.5, 0.6) is 11.5 Å². The van der Waals surface area contributed by atoms with Crippen LogP contribution in [0.4, 0.5) is 0 Å². The topological polar surface area (TPSA) is 34.1 Å². The van der Waals surface area contributed by atoms with Crippen molar-refractivity contribution in [2.45, 2.75) is 26.7 Å². The summed E-state index contributed by atoms with van der Waals surface area (Å²) in [5.41, 5.74) is 1.09. The monoisotopic (exact) mass is 276 g/mol. The van der Waals surface area contributed by atoms with E-state index in [-0.39, 0.29) is 0 Å². The minimum Gasteiger partial charge on any atom is -0.490 e. The van der Waals surface area contributed by atoms with Gasteiger partial charge in [-0.15, -0.1) is 0 Å². The minimum absolute atomic E-state index is 0.635. The molecule has 0 unspecified atom stereocenters. The van der Waals surface area contributed by atoms with Crippen LogP contribution in [-0.4, -0.2) is 44.1 Å². The number of benzene rings is 1. The highest BCUT2D eigenvalue weighted by Gasteiger charge is 2.16. The van der Waals surface area contributed by atoms with Crippen LogP contribution in [-0.2, 0) is 0 Å². The fourth-order valence-electron chi connectivity index (χ4n) is 2.21. The molecule has 4 nitrogen and oxygen atoms in total. The number of aliphatic imine (C=N–C) groups is 1. The third-order valence-electron chi connectivity index (χ3n) is 3.32. The molecule has 0 saturated carbocycles. The highest BCUT2D eigenvalue weighted by molar-refractivity contribution is 6.00. The van der Waals surface area contributed by atoms with Crippen molar-refractivity contribution in [2.24, 2.45) is 4.99 Å². The Labute approximate surface area is 121 Å². The molecule has 1 aliphatic heterocycles. The Hall–Kier alpha value is -1.71. The molecule has 1 aliphatic rings. The molecule has 2 rings (SSSR count). The van der Waals surface area contributed by atoms with Gasteiger partial charge in [0.1, 0.15) is 5.84 Å². The minimum atomic E-state index is 0.635. The largest absolute Gasteiger partial charge is 0.490 e. The molecule has 1 aromatic rings. The summed E-state index contributed by atoms with van der Waals surface area (Å²) in [6.45, 7) is 7.36. The zero-order chi connectivity index (χ0) is 14.4. The van der Waals surface area contributed by atoms with Crippen molar-refractivity contribution >= 4 is 5.84 Å². The van der Waals surface area contributed by atoms with Crippen LogP contribution in [0.25, 0.3) is 0 Å². The summed E-state index contributed by atoms with van der Waals surface area (Å²) in [7, 11) is 2.07. The van der Waals surface area contributed by atoms with E-state index in [0.29, 0.717) is 6.61 Å². The van der Waals surface area contributed by atoms with Gasteiger partial charge in [-0.2, -0.15) is 0 Å². The first-order valence-electron chi connectivity index (χ1n) is 7.41. The number of hydrogen-bond donors (Lipinski definition) is 0. The second-order valence-corrected chi connectivity index (χ2v) is 4.92. The first-order chi connectivity index (χ1) is 9.76. The van der Waals surface area contributed by atoms with Gasteiger partial charge in [-0.1, -0.05) is 13.3 Å². The van der Waals surface area contributed by atoms with Crippen molar-refractivity contribution in [3.63, 3.8) is 0 Å². The smallest absolute Gasteiger partial charge is 0.161 e. The molecule has 0 aromatic heterocycles. The highest BCUT2D eigenvalue weighted by atomic mass is 16.5. The Morgan fingerprint density at radius 3 is 2.70 bits per heavy atom. The summed E-state index contributed by atoms with van der Waals surface area (Å²) in [5.74, 6) is 2.67. The van der Waals surface area contributed by atoms with Gasteiger partial charge < -0.3 is 14.4 Å². The zero-order valence-electron chi connectivity index (χ0n) is 12.7. The van der Waals surface area contributed by atoms with Gasteiger partial charge in [0.05, 0.1) is 19.8 Å². The molecule has 0 amide bonds. The van der Waals surface area contributed by atoms with Crippen LogP contribution < -0.4 is 9.47 Å². The molecular formula is C16H24N2O2. The van der Waals surface area contributed by atoms with Crippen LogP contribution in [0.2, 0.25) is 0 Å². The van der Waals surface area contributed by atoms with E-state index in [2.05, 4.69) is 29.9 Å². The fourth-order valence-corrected chi connectivity index (χ4v) is 2.21. The first kappa shape index (κ1) is 14.7. The maximum atomic E-state index is 5.80. The lowest BCUT2D eigenvalue weighted by Crippen LogP contribution is -2.23. The van der Waals surface area contributed by atoms with E-state index in [1.54, 1.807) is 0 Å². The van der Waals surface area contributed by atoms with Gasteiger partial charge in [0, 0.05) is 19.2 Å². The van der Waals surface area contributed by atoms with E-state index in [1.165, 1.54) is 0 Å². The van der Waals surface area contributed by atoms with Crippen molar-refractivity contribution in [2.75, 3.05) is 33.4 Å². The molecule has 110 valence electrons. The lowest BCUT2D eigenvalue weighted by molar-refractivity contribution is 0.272. The maximum Gasteiger partial charge on any atom is 0.161 e. The molecule has 0 N–H and O–H groups in total. The molecule has 0 bridgehead atoms. The first-order valence-corrected chi connectivity index (χ1v) is 7.41. The predicted octanol–water partition coefficient (Wildman–Crippen LogP) is 2.96. The third-order valence-corrected chi connectivity index (χ3v) is 3.32. The maximum absolute atomic E-state index is 5.80. The van der Waals surface area contributed by atoms with Crippen molar-refractivity contribution in [1.29, 1.82) is 0 Å². The van der Waals surface area contributed by atoms with Gasteiger partial charge in [0.2, 0.25) is 0 Å². The third kappa shape index (κ3) is 3.44. The Bertz CT molecular complexity index is 472. The number of hydrogen-bond acceptors (Lipinski definition) is 4. The zero-order valence-corrected chi connectivity index (χ0v) is 12.7. The summed E-state index contributed by atoms with van der Waals surface area (Å²) in [4.78, 5) is 6.71. The van der Waals surface area contributed by atoms with Gasteiger partial charge in [-0.3, -0.25) is 4.99 Å². The molecule has 0 atom stereocenters. The van der Waals surface area contributed by atoms with Crippen LogP contribution in [0, 0.1) is 0 Å². The summed E-state index contributed by atoms with van der Waals surface area (Å²) >= 11 is 0. The van der Waals surface area contributed by atoms with Crippen LogP contribution in [0.15, 0.2) is 23.2 Å². The molecule has 20 heavy (non-hydrogen) atoms. The summed E-state index contributed by atoms with van der Waals surface area (Å²) in [6, 6.07) is 6.08. The Kier molecular flexibility index (Phi) is 5.27. The Morgan fingerprint density at radius 1 is 1.20 bits per heavy atom. The molecular weight excluding hydrogens is 252 g/mol. The second-order valence-electron chi connectivity index (χ2n) is 4.92. The van der Waals surface area contributed by atoms with E-state index in [1.807, 2.05) is 19.1 Å². The van der Waals surface area contributed by atoms with Gasteiger partial charge in [0.15, 0.2) is 11.5 Å². The van der Waals surface area contributed by atoms with Crippen LogP contribution >= 0.6 is 0 Å². The molecule has 4 heteroatoms. The standard InChI is InChI=1S/C16H24N2O2/c1-4-6-11-20-14-8-7-13(12-15(14)19-5-2)16-17-9-10-18(16)3/h7-8,12H,4-6,9-11H2,1-3H3. The number of unbranched alkanes of at least 4 members (excludes halogenated alkanes) is 1. The quantitative estimate of drug-likeness (QED) is 0.718. The normalized spacial score (nSPS) is 14.3. The molecule has 1 aromatic carbocycles. The molecule has 1 heterocycles. The number of nitrogens with zero attached hydrogens (tertiary/aromatic N) is 2. The van der Waals surface area contributed by atoms with Crippen molar-refractivity contribution in [3.8, 4) is 11.5 Å². The van der Waals surface area contributed by atoms with Crippen LogP contribution in [0.3, 0.4) is 0 Å². The summed E-state index contributed by atoms with van der Waals surface area (Å²) < 4.78 is 11.5.